The Morgan fingerprint density at radius 3 is 2.68 bits per heavy atom. The first-order valence-electron chi connectivity index (χ1n) is 8.53. The second kappa shape index (κ2) is 6.67. The Balaban J connectivity index is 2.07. The van der Waals surface area contributed by atoms with Crippen molar-refractivity contribution in [2.75, 3.05) is 14.2 Å². The molecule has 1 unspecified atom stereocenters. The molecule has 0 spiro atoms. The number of nitrogens with one attached hydrogen (secondary N) is 1. The highest BCUT2D eigenvalue weighted by Gasteiger charge is 2.36. The largest absolute Gasteiger partial charge is 0.497 e. The highest BCUT2D eigenvalue weighted by Crippen LogP contribution is 2.45. The molecule has 1 aliphatic heterocycles. The number of nitrogens with two attached hydrogens (primary N) is 1. The van der Waals surface area contributed by atoms with Gasteiger partial charge in [-0.25, -0.2) is 0 Å². The Hall–Kier alpha value is -3.92. The van der Waals surface area contributed by atoms with Crippen molar-refractivity contribution < 1.29 is 14.2 Å². The van der Waals surface area contributed by atoms with Crippen LogP contribution in [0.4, 0.5) is 0 Å². The van der Waals surface area contributed by atoms with Crippen LogP contribution in [0.1, 0.15) is 17.0 Å². The fourth-order valence-corrected chi connectivity index (χ4v) is 3.54. The number of aromatic nitrogens is 1. The first-order chi connectivity index (χ1) is 13.6. The molecule has 2 heterocycles. The van der Waals surface area contributed by atoms with Gasteiger partial charge in [0.25, 0.3) is 5.56 Å². The molecule has 1 aromatic heterocycles. The van der Waals surface area contributed by atoms with Crippen molar-refractivity contribution in [2.24, 2.45) is 5.73 Å². The summed E-state index contributed by atoms with van der Waals surface area (Å²) in [6.45, 7) is 0. The van der Waals surface area contributed by atoms with E-state index in [1.165, 1.54) is 7.11 Å². The lowest BCUT2D eigenvalue weighted by Crippen LogP contribution is -2.28. The number of allylic oxidation sites excluding steroid dienone is 1. The van der Waals surface area contributed by atoms with Gasteiger partial charge in [-0.05, 0) is 18.2 Å². The molecule has 3 N–H and O–H groups in total. The zero-order valence-corrected chi connectivity index (χ0v) is 15.3. The number of rotatable bonds is 3. The number of nitriles is 1. The lowest BCUT2D eigenvalue weighted by Gasteiger charge is -2.27. The highest BCUT2D eigenvalue weighted by molar-refractivity contribution is 5.87. The van der Waals surface area contributed by atoms with Crippen molar-refractivity contribution in [3.63, 3.8) is 0 Å². The van der Waals surface area contributed by atoms with Gasteiger partial charge in [-0.15, -0.1) is 0 Å². The van der Waals surface area contributed by atoms with Gasteiger partial charge in [0.2, 0.25) is 5.88 Å². The number of aromatic amines is 1. The van der Waals surface area contributed by atoms with E-state index in [0.717, 1.165) is 0 Å². The zero-order chi connectivity index (χ0) is 19.8. The number of hydrogen-bond donors (Lipinski definition) is 2. The number of hydrogen-bond acceptors (Lipinski definition) is 6. The van der Waals surface area contributed by atoms with Crippen LogP contribution in [0.5, 0.6) is 17.2 Å². The standard InChI is InChI=1S/C21H17N3O4/c1-26-11-7-8-13(16(9-11)27-2)17-14(10-22)20(23)28-19-12-5-3-4-6-15(12)24-21(25)18(17)19/h3-9,17H,23H2,1-2H3,(H,24,25). The number of fused-ring (bicyclic) bond motifs is 3. The number of para-hydroxylation sites is 1. The Kier molecular flexibility index (Phi) is 4.17. The molecule has 7 nitrogen and oxygen atoms in total. The van der Waals surface area contributed by atoms with Gasteiger partial charge in [0.05, 0.1) is 31.2 Å². The summed E-state index contributed by atoms with van der Waals surface area (Å²) in [4.78, 5) is 15.8. The van der Waals surface area contributed by atoms with Gasteiger partial charge >= 0.3 is 0 Å². The second-order valence-electron chi connectivity index (χ2n) is 6.28. The van der Waals surface area contributed by atoms with Crippen LogP contribution in [-0.4, -0.2) is 19.2 Å². The van der Waals surface area contributed by atoms with Crippen LogP contribution < -0.4 is 25.5 Å². The van der Waals surface area contributed by atoms with Crippen LogP contribution in [-0.2, 0) is 0 Å². The molecule has 0 saturated heterocycles. The summed E-state index contributed by atoms with van der Waals surface area (Å²) in [6.07, 6.45) is 0. The predicted molar refractivity (Wildman–Crippen MR) is 103 cm³/mol. The van der Waals surface area contributed by atoms with E-state index in [2.05, 4.69) is 11.1 Å². The molecule has 1 atom stereocenters. The minimum Gasteiger partial charge on any atom is -0.497 e. The first kappa shape index (κ1) is 17.5. The van der Waals surface area contributed by atoms with Crippen molar-refractivity contribution in [3.05, 3.63) is 75.4 Å². The molecule has 0 saturated carbocycles. The Morgan fingerprint density at radius 2 is 1.96 bits per heavy atom. The first-order valence-corrected chi connectivity index (χ1v) is 8.53. The summed E-state index contributed by atoms with van der Waals surface area (Å²) in [6, 6.07) is 14.6. The minimum atomic E-state index is -0.733. The average molecular weight is 375 g/mol. The molecular formula is C21H17N3O4. The van der Waals surface area contributed by atoms with E-state index < -0.39 is 5.92 Å². The zero-order valence-electron chi connectivity index (χ0n) is 15.3. The predicted octanol–water partition coefficient (Wildman–Crippen LogP) is 2.76. The fourth-order valence-electron chi connectivity index (χ4n) is 3.54. The lowest BCUT2D eigenvalue weighted by atomic mass is 9.83. The van der Waals surface area contributed by atoms with Gasteiger partial charge < -0.3 is 24.9 Å². The maximum absolute atomic E-state index is 13.0. The van der Waals surface area contributed by atoms with Gasteiger partial charge in [-0.2, -0.15) is 5.26 Å². The van der Waals surface area contributed by atoms with Gasteiger partial charge in [-0.1, -0.05) is 18.2 Å². The molecule has 0 fully saturated rings. The second-order valence-corrected chi connectivity index (χ2v) is 6.28. The lowest BCUT2D eigenvalue weighted by molar-refractivity contribution is 0.382. The maximum atomic E-state index is 13.0. The number of pyridine rings is 1. The summed E-state index contributed by atoms with van der Waals surface area (Å²) in [5.74, 6) is 0.649. The number of H-pyrrole nitrogens is 1. The molecule has 0 amide bonds. The molecule has 3 aromatic rings. The smallest absolute Gasteiger partial charge is 0.256 e. The van der Waals surface area contributed by atoms with Crippen LogP contribution in [0, 0.1) is 11.3 Å². The average Bonchev–Trinajstić information content (AvgIpc) is 2.72. The Morgan fingerprint density at radius 1 is 1.18 bits per heavy atom. The fraction of sp³-hybridized carbons (Fsp3) is 0.143. The number of benzene rings is 2. The quantitative estimate of drug-likeness (QED) is 0.728. The van der Waals surface area contributed by atoms with Crippen LogP contribution in [0.3, 0.4) is 0 Å². The SMILES string of the molecule is COc1ccc(C2C(C#N)=C(N)Oc3c2c(=O)[nH]c2ccccc32)c(OC)c1. The van der Waals surface area contributed by atoms with Crippen LogP contribution in [0.25, 0.3) is 10.9 Å². The van der Waals surface area contributed by atoms with Gasteiger partial charge in [-0.3, -0.25) is 4.79 Å². The molecule has 4 rings (SSSR count). The summed E-state index contributed by atoms with van der Waals surface area (Å²) in [7, 11) is 3.07. The van der Waals surface area contributed by atoms with Crippen molar-refractivity contribution in [1.29, 1.82) is 5.26 Å². The monoisotopic (exact) mass is 375 g/mol. The van der Waals surface area contributed by atoms with E-state index in [1.807, 2.05) is 18.2 Å². The highest BCUT2D eigenvalue weighted by atomic mass is 16.5. The molecule has 140 valence electrons. The summed E-state index contributed by atoms with van der Waals surface area (Å²) < 4.78 is 16.5. The molecule has 28 heavy (non-hydrogen) atoms. The molecule has 0 aliphatic carbocycles. The molecular weight excluding hydrogens is 358 g/mol. The third kappa shape index (κ3) is 2.55. The maximum Gasteiger partial charge on any atom is 0.256 e. The van der Waals surface area contributed by atoms with Crippen molar-refractivity contribution in [2.45, 2.75) is 5.92 Å². The van der Waals surface area contributed by atoms with Crippen LogP contribution >= 0.6 is 0 Å². The van der Waals surface area contributed by atoms with E-state index in [4.69, 9.17) is 19.9 Å². The molecule has 0 radical (unpaired) electrons. The summed E-state index contributed by atoms with van der Waals surface area (Å²) in [5, 5.41) is 10.4. The Bertz CT molecular complexity index is 1220. The van der Waals surface area contributed by atoms with Crippen LogP contribution in [0.2, 0.25) is 0 Å². The normalized spacial score (nSPS) is 15.5. The summed E-state index contributed by atoms with van der Waals surface area (Å²) in [5.41, 5.74) is 7.43. The van der Waals surface area contributed by atoms with Gasteiger partial charge in [0.15, 0.2) is 0 Å². The third-order valence-electron chi connectivity index (χ3n) is 4.84. The van der Waals surface area contributed by atoms with E-state index in [1.54, 1.807) is 31.4 Å². The van der Waals surface area contributed by atoms with Crippen LogP contribution in [0.15, 0.2) is 58.7 Å². The van der Waals surface area contributed by atoms with E-state index in [0.29, 0.717) is 39.3 Å². The van der Waals surface area contributed by atoms with Gasteiger partial charge in [0.1, 0.15) is 28.9 Å². The van der Waals surface area contributed by atoms with E-state index >= 15 is 0 Å². The van der Waals surface area contributed by atoms with Crippen molar-refractivity contribution in [1.82, 2.24) is 4.98 Å². The topological polar surface area (TPSA) is 110 Å². The van der Waals surface area contributed by atoms with Crippen molar-refractivity contribution >= 4 is 10.9 Å². The number of nitrogens with zero attached hydrogens (tertiary/aromatic N) is 1. The van der Waals surface area contributed by atoms with E-state index in [-0.39, 0.29) is 17.0 Å². The number of methoxy groups -OCH3 is 2. The molecule has 7 heteroatoms. The molecule has 2 aromatic carbocycles. The van der Waals surface area contributed by atoms with E-state index in [9.17, 15) is 10.1 Å². The Labute approximate surface area is 160 Å². The van der Waals surface area contributed by atoms with Crippen molar-refractivity contribution in [3.8, 4) is 23.3 Å². The molecule has 0 bridgehead atoms. The summed E-state index contributed by atoms with van der Waals surface area (Å²) >= 11 is 0. The van der Waals surface area contributed by atoms with Gasteiger partial charge in [0, 0.05) is 17.0 Å². The third-order valence-corrected chi connectivity index (χ3v) is 4.84. The number of ether oxygens (including phenoxy) is 3. The minimum absolute atomic E-state index is 0.0337. The molecule has 1 aliphatic rings.